The zero-order valence-corrected chi connectivity index (χ0v) is 16.9. The van der Waals surface area contributed by atoms with E-state index in [0.717, 1.165) is 19.3 Å². The number of methoxy groups -OCH3 is 1. The average molecular weight is 399 g/mol. The molecule has 1 aromatic carbocycles. The van der Waals surface area contributed by atoms with Gasteiger partial charge in [0.1, 0.15) is 17.8 Å². The molecule has 156 valence electrons. The Bertz CT molecular complexity index is 773. The van der Waals surface area contributed by atoms with E-state index in [1.807, 2.05) is 0 Å². The zero-order valence-electron chi connectivity index (χ0n) is 16.9. The number of hydrogen-bond donors (Lipinski definition) is 2. The molecule has 0 radical (unpaired) electrons. The Morgan fingerprint density at radius 3 is 2.59 bits per heavy atom. The van der Waals surface area contributed by atoms with Crippen LogP contribution in [0.1, 0.15) is 55.3 Å². The lowest BCUT2D eigenvalue weighted by molar-refractivity contribution is -0.147. The van der Waals surface area contributed by atoms with Gasteiger partial charge in [-0.3, -0.25) is 14.4 Å². The molecule has 0 bridgehead atoms. The van der Waals surface area contributed by atoms with Crippen LogP contribution in [0.3, 0.4) is 0 Å². The summed E-state index contributed by atoms with van der Waals surface area (Å²) < 4.78 is 5.11. The molecule has 7 nitrogen and oxygen atoms in total. The van der Waals surface area contributed by atoms with Gasteiger partial charge in [0.2, 0.25) is 11.8 Å². The summed E-state index contributed by atoms with van der Waals surface area (Å²) in [6.07, 6.45) is 7.17. The molecule has 2 heterocycles. The Hall–Kier alpha value is -2.57. The van der Waals surface area contributed by atoms with Crippen molar-refractivity contribution >= 4 is 17.7 Å². The number of fused-ring (bicyclic) bond motifs is 1. The first-order valence-corrected chi connectivity index (χ1v) is 10.6. The van der Waals surface area contributed by atoms with E-state index in [-0.39, 0.29) is 23.8 Å². The highest BCUT2D eigenvalue weighted by atomic mass is 16.5. The van der Waals surface area contributed by atoms with Crippen molar-refractivity contribution in [3.05, 3.63) is 29.8 Å². The molecule has 0 aromatic heterocycles. The molecule has 3 aliphatic rings. The molecule has 1 saturated carbocycles. The van der Waals surface area contributed by atoms with Gasteiger partial charge in [-0.05, 0) is 43.0 Å². The normalized spacial score (nSPS) is 27.3. The number of rotatable bonds is 5. The summed E-state index contributed by atoms with van der Waals surface area (Å²) in [4.78, 5) is 39.8. The molecule has 3 amide bonds. The van der Waals surface area contributed by atoms with Crippen molar-refractivity contribution < 1.29 is 19.1 Å². The predicted octanol–water partition coefficient (Wildman–Crippen LogP) is 1.86. The number of nitrogens with zero attached hydrogens (tertiary/aromatic N) is 1. The summed E-state index contributed by atoms with van der Waals surface area (Å²) in [5, 5.41) is 5.92. The van der Waals surface area contributed by atoms with Gasteiger partial charge < -0.3 is 20.3 Å². The lowest BCUT2D eigenvalue weighted by Crippen LogP contribution is -2.61. The van der Waals surface area contributed by atoms with Gasteiger partial charge in [-0.2, -0.15) is 0 Å². The molecule has 29 heavy (non-hydrogen) atoms. The van der Waals surface area contributed by atoms with E-state index in [9.17, 15) is 14.4 Å². The van der Waals surface area contributed by atoms with Crippen LogP contribution in [-0.4, -0.2) is 54.4 Å². The van der Waals surface area contributed by atoms with E-state index in [1.54, 1.807) is 36.3 Å². The molecule has 2 N–H and O–H groups in total. The van der Waals surface area contributed by atoms with Gasteiger partial charge in [-0.25, -0.2) is 0 Å². The second kappa shape index (κ2) is 8.43. The van der Waals surface area contributed by atoms with Crippen LogP contribution in [0.2, 0.25) is 0 Å². The number of piperazine rings is 1. The fourth-order valence-corrected chi connectivity index (χ4v) is 4.89. The van der Waals surface area contributed by atoms with Crippen LogP contribution in [0, 0.1) is 5.92 Å². The van der Waals surface area contributed by atoms with Gasteiger partial charge in [-0.15, -0.1) is 0 Å². The van der Waals surface area contributed by atoms with Gasteiger partial charge in [-0.1, -0.05) is 32.1 Å². The first-order valence-electron chi connectivity index (χ1n) is 10.6. The van der Waals surface area contributed by atoms with Gasteiger partial charge in [0.25, 0.3) is 5.91 Å². The zero-order chi connectivity index (χ0) is 20.4. The molecule has 7 heteroatoms. The fraction of sp³-hybridized carbons (Fsp3) is 0.591. The largest absolute Gasteiger partial charge is 0.497 e. The number of nitrogens with one attached hydrogen (secondary N) is 2. The number of hydrogen-bond acceptors (Lipinski definition) is 4. The lowest BCUT2D eigenvalue weighted by atomic mass is 9.84. The minimum absolute atomic E-state index is 0.00127. The van der Waals surface area contributed by atoms with Crippen LogP contribution in [0.5, 0.6) is 5.75 Å². The quantitative estimate of drug-likeness (QED) is 0.791. The molecule has 3 fully saturated rings. The number of benzene rings is 1. The van der Waals surface area contributed by atoms with E-state index in [1.165, 1.54) is 19.3 Å². The third-order valence-corrected chi connectivity index (χ3v) is 6.48. The van der Waals surface area contributed by atoms with Crippen LogP contribution in [-0.2, 0) is 9.59 Å². The van der Waals surface area contributed by atoms with Gasteiger partial charge >= 0.3 is 0 Å². The summed E-state index contributed by atoms with van der Waals surface area (Å²) in [5.41, 5.74) is 0.529. The molecule has 3 atom stereocenters. The summed E-state index contributed by atoms with van der Waals surface area (Å²) in [6.45, 7) is 0.389. The van der Waals surface area contributed by atoms with Crippen molar-refractivity contribution in [2.45, 2.75) is 63.1 Å². The highest BCUT2D eigenvalue weighted by molar-refractivity contribution is 5.98. The molecule has 2 saturated heterocycles. The minimum Gasteiger partial charge on any atom is -0.497 e. The van der Waals surface area contributed by atoms with Crippen LogP contribution in [0.4, 0.5) is 0 Å². The highest BCUT2D eigenvalue weighted by Gasteiger charge is 2.47. The first kappa shape index (κ1) is 19.7. The van der Waals surface area contributed by atoms with Gasteiger partial charge in [0, 0.05) is 18.2 Å². The summed E-state index contributed by atoms with van der Waals surface area (Å²) >= 11 is 0. The monoisotopic (exact) mass is 399 g/mol. The molecule has 2 aliphatic heterocycles. The molecule has 4 rings (SSSR count). The van der Waals surface area contributed by atoms with E-state index < -0.39 is 12.1 Å². The Morgan fingerprint density at radius 1 is 1.17 bits per heavy atom. The number of ether oxygens (including phenoxy) is 1. The summed E-state index contributed by atoms with van der Waals surface area (Å²) in [5.74, 6) is 0.908. The van der Waals surface area contributed by atoms with Crippen LogP contribution >= 0.6 is 0 Å². The Labute approximate surface area is 171 Å². The summed E-state index contributed by atoms with van der Waals surface area (Å²) in [7, 11) is 1.58. The average Bonchev–Trinajstić information content (AvgIpc) is 3.17. The second-order valence-electron chi connectivity index (χ2n) is 8.44. The van der Waals surface area contributed by atoms with Crippen molar-refractivity contribution in [3.63, 3.8) is 0 Å². The van der Waals surface area contributed by atoms with E-state index in [4.69, 9.17) is 4.74 Å². The van der Waals surface area contributed by atoms with E-state index in [0.29, 0.717) is 30.2 Å². The van der Waals surface area contributed by atoms with Crippen molar-refractivity contribution in [1.29, 1.82) is 0 Å². The highest BCUT2D eigenvalue weighted by Crippen LogP contribution is 2.30. The summed E-state index contributed by atoms with van der Waals surface area (Å²) in [6, 6.07) is 5.75. The minimum atomic E-state index is -0.480. The number of carbonyl (C=O) groups excluding carboxylic acids is 3. The van der Waals surface area contributed by atoms with Crippen LogP contribution in [0.25, 0.3) is 0 Å². The predicted molar refractivity (Wildman–Crippen MR) is 107 cm³/mol. The molecular formula is C22H29N3O4. The van der Waals surface area contributed by atoms with E-state index >= 15 is 0 Å². The molecule has 1 aliphatic carbocycles. The standard InChI is InChI=1S/C22H29N3O4/c1-29-17-9-7-15(8-10-17)20(26)23-16-12-19-21(27)24-18(22(28)25(19)13-16)11-14-5-3-2-4-6-14/h7-10,14,16,18-19H,2-6,11-13H2,1H3,(H,23,26)(H,24,27)/t16-,18-,19-/m0/s1. The maximum Gasteiger partial charge on any atom is 0.251 e. The van der Waals surface area contributed by atoms with Crippen LogP contribution < -0.4 is 15.4 Å². The maximum atomic E-state index is 13.0. The Kier molecular flexibility index (Phi) is 5.74. The fourth-order valence-electron chi connectivity index (χ4n) is 4.89. The third kappa shape index (κ3) is 4.23. The maximum absolute atomic E-state index is 13.0. The second-order valence-corrected chi connectivity index (χ2v) is 8.44. The molecule has 1 aromatic rings. The third-order valence-electron chi connectivity index (χ3n) is 6.48. The Balaban J connectivity index is 1.37. The van der Waals surface area contributed by atoms with Crippen LogP contribution in [0.15, 0.2) is 24.3 Å². The SMILES string of the molecule is COc1ccc(C(=O)N[C@H]2C[C@H]3C(=O)N[C@@H](CC4CCCCC4)C(=O)N3C2)cc1. The van der Waals surface area contributed by atoms with Crippen molar-refractivity contribution in [3.8, 4) is 5.75 Å². The molecule has 0 unspecified atom stereocenters. The van der Waals surface area contributed by atoms with Crippen molar-refractivity contribution in [1.82, 2.24) is 15.5 Å². The van der Waals surface area contributed by atoms with Crippen molar-refractivity contribution in [2.75, 3.05) is 13.7 Å². The van der Waals surface area contributed by atoms with E-state index in [2.05, 4.69) is 10.6 Å². The number of amides is 3. The van der Waals surface area contributed by atoms with Crippen molar-refractivity contribution in [2.24, 2.45) is 5.92 Å². The first-order chi connectivity index (χ1) is 14.0. The smallest absolute Gasteiger partial charge is 0.251 e. The topological polar surface area (TPSA) is 87.7 Å². The molecular weight excluding hydrogens is 370 g/mol. The van der Waals surface area contributed by atoms with Gasteiger partial charge in [0.15, 0.2) is 0 Å². The Morgan fingerprint density at radius 2 is 1.90 bits per heavy atom. The van der Waals surface area contributed by atoms with Gasteiger partial charge in [0.05, 0.1) is 7.11 Å². The lowest BCUT2D eigenvalue weighted by Gasteiger charge is -2.36. The molecule has 0 spiro atoms. The number of carbonyl (C=O) groups is 3.